The average molecular weight is 877 g/mol. The van der Waals surface area contributed by atoms with E-state index in [1.54, 1.807) is 30.3 Å². The Balaban J connectivity index is 0.000000271. The van der Waals surface area contributed by atoms with Crippen molar-refractivity contribution in [3.05, 3.63) is 83.9 Å². The molecule has 3 aromatic rings. The summed E-state index contributed by atoms with van der Waals surface area (Å²) in [4.78, 5) is 57.1. The number of esters is 1. The summed E-state index contributed by atoms with van der Waals surface area (Å²) in [5.74, 6) is -3.18. The van der Waals surface area contributed by atoms with Gasteiger partial charge in [0, 0.05) is 52.4 Å². The molecular weight excluding hydrogens is 810 g/mol. The fourth-order valence-corrected chi connectivity index (χ4v) is 5.00. The molecule has 0 bridgehead atoms. The van der Waals surface area contributed by atoms with Crippen LogP contribution in [0.1, 0.15) is 48.3 Å². The van der Waals surface area contributed by atoms with E-state index in [2.05, 4.69) is 25.4 Å². The van der Waals surface area contributed by atoms with Crippen molar-refractivity contribution in [3.8, 4) is 0 Å². The van der Waals surface area contributed by atoms with Gasteiger partial charge in [-0.05, 0) is 42.0 Å². The summed E-state index contributed by atoms with van der Waals surface area (Å²) in [6.07, 6.45) is -2.85. The van der Waals surface area contributed by atoms with Crippen LogP contribution in [-0.2, 0) is 44.7 Å². The molecule has 3 N–H and O–H groups in total. The normalized spacial score (nSPS) is 27.1. The first-order chi connectivity index (χ1) is 34.8. The van der Waals surface area contributed by atoms with Crippen molar-refractivity contribution in [1.29, 1.82) is 0 Å². The highest BCUT2D eigenvalue weighted by molar-refractivity contribution is 6.18. The zero-order valence-corrected chi connectivity index (χ0v) is 32.9. The molecule has 3 fully saturated rings. The number of nitrogens with one attached hydrogen (secondary N) is 3. The lowest BCUT2D eigenvalue weighted by molar-refractivity contribution is -0.145. The highest BCUT2D eigenvalue weighted by Gasteiger charge is 2.33. The molecule has 326 valence electrons. The molecule has 0 radical (unpaired) electrons. The van der Waals surface area contributed by atoms with Crippen LogP contribution in [0.2, 0.25) is 0 Å². The maximum atomic E-state index is 15.1. The number of carbonyl (C=O) groups is 5. The molecule has 0 saturated carbocycles. The predicted molar refractivity (Wildman–Crippen MR) is 220 cm³/mol. The van der Waals surface area contributed by atoms with Crippen molar-refractivity contribution in [2.24, 2.45) is 0 Å². The summed E-state index contributed by atoms with van der Waals surface area (Å²) in [7, 11) is 0. The first kappa shape index (κ1) is 28.7. The summed E-state index contributed by atoms with van der Waals surface area (Å²) in [5, 5.41) is 7.27. The molecule has 3 aromatic carbocycles. The fourth-order valence-electron chi connectivity index (χ4n) is 4.83. The minimum Gasteiger partial charge on any atom is -0.459 e. The van der Waals surface area contributed by atoms with Gasteiger partial charge in [0.2, 0.25) is 11.8 Å². The number of cyclic esters (lactones) is 1. The fraction of sp³-hybridized carbons (Fsp3) is 0.439. The van der Waals surface area contributed by atoms with E-state index in [0.29, 0.717) is 0 Å². The van der Waals surface area contributed by atoms with E-state index >= 15 is 4.39 Å². The molecule has 19 heteroatoms. The number of morpholine rings is 2. The minimum atomic E-state index is -3.33. The molecule has 16 nitrogen and oxygen atoms in total. The number of rotatable bonds is 12. The topological polar surface area (TPSA) is 177 Å². The summed E-state index contributed by atoms with van der Waals surface area (Å²) >= 11 is 5.47. The highest BCUT2D eigenvalue weighted by atomic mass is 35.5. The number of carbonyl (C=O) groups excluding carboxylic acids is 5. The van der Waals surface area contributed by atoms with Crippen LogP contribution in [0, 0.1) is 11.6 Å². The number of hydrogen-bond acceptors (Lipinski definition) is 12. The van der Waals surface area contributed by atoms with Crippen LogP contribution < -0.4 is 30.7 Å². The van der Waals surface area contributed by atoms with Gasteiger partial charge in [-0.2, -0.15) is 0 Å². The van der Waals surface area contributed by atoms with Crippen LogP contribution in [0.4, 0.5) is 41.1 Å². The molecule has 3 saturated heterocycles. The van der Waals surface area contributed by atoms with Gasteiger partial charge in [0.05, 0.1) is 90.7 Å². The number of anilines is 4. The Bertz CT molecular complexity index is 2570. The smallest absolute Gasteiger partial charge is 0.414 e. The van der Waals surface area contributed by atoms with E-state index in [0.717, 1.165) is 46.9 Å². The summed E-state index contributed by atoms with van der Waals surface area (Å²) in [6.45, 7) is -22.3. The van der Waals surface area contributed by atoms with Crippen LogP contribution in [0.15, 0.2) is 66.7 Å². The van der Waals surface area contributed by atoms with Gasteiger partial charge in [-0.15, -0.1) is 11.6 Å². The molecule has 0 aromatic heterocycles. The van der Waals surface area contributed by atoms with Crippen molar-refractivity contribution in [3.63, 3.8) is 0 Å². The quantitative estimate of drug-likeness (QED) is 0.129. The van der Waals surface area contributed by atoms with Crippen LogP contribution in [0.25, 0.3) is 0 Å². The number of nitrogens with zero attached hydrogens (tertiary/aromatic N) is 3. The van der Waals surface area contributed by atoms with E-state index < -0.39 is 106 Å². The van der Waals surface area contributed by atoms with Crippen molar-refractivity contribution in [2.75, 3.05) is 97.8 Å². The number of amides is 4. The van der Waals surface area contributed by atoms with Gasteiger partial charge in [0.15, 0.2) is 0 Å². The molecule has 60 heavy (non-hydrogen) atoms. The van der Waals surface area contributed by atoms with Gasteiger partial charge in [-0.25, -0.2) is 18.4 Å². The van der Waals surface area contributed by atoms with Crippen molar-refractivity contribution in [2.45, 2.75) is 39.6 Å². The Morgan fingerprint density at radius 2 is 1.43 bits per heavy atom. The Kier molecular flexibility index (Phi) is 11.7. The third kappa shape index (κ3) is 15.8. The molecule has 0 aliphatic carbocycles. The zero-order chi connectivity index (χ0) is 57.8. The predicted octanol–water partition coefficient (Wildman–Crippen LogP) is 4.83. The lowest BCUT2D eigenvalue weighted by atomic mass is 10.2. The molecule has 2 atom stereocenters. The SMILES string of the molecule is CC(=O)NC[C@@H](CCl)OC(C)=O.[2H]C1([2H])OC([2H])([2H])C([2H])([2H])N(c2ccc(N3C[C@H](CNC(C)=O)OC3=O)cc2F)C1([2H])[2H].[2H]C1([2H])OC([2H])([2H])C([2H])([2H])N(c2ccc(NC(=O)OCc3ccccc3)cc2F)C1([2H])[2H]. The highest BCUT2D eigenvalue weighted by Crippen LogP contribution is 2.28. The van der Waals surface area contributed by atoms with Crippen LogP contribution in [-0.4, -0.2) is 120 Å². The van der Waals surface area contributed by atoms with Gasteiger partial charge in [-0.1, -0.05) is 30.3 Å². The molecule has 0 unspecified atom stereocenters. The average Bonchev–Trinajstić information content (AvgIpc) is 3.66. The van der Waals surface area contributed by atoms with Crippen molar-refractivity contribution in [1.82, 2.24) is 10.6 Å². The first-order valence-electron chi connectivity index (χ1n) is 25.5. The van der Waals surface area contributed by atoms with Crippen LogP contribution in [0.3, 0.4) is 0 Å². The summed E-state index contributed by atoms with van der Waals surface area (Å²) in [5.41, 5.74) is -0.919. The third-order valence-electron chi connectivity index (χ3n) is 7.50. The summed E-state index contributed by atoms with van der Waals surface area (Å²) in [6, 6.07) is 14.4. The number of benzene rings is 3. The zero-order valence-electron chi connectivity index (χ0n) is 48.1. The Labute approximate surface area is 374 Å². The lowest BCUT2D eigenvalue weighted by Gasteiger charge is -2.29. The van der Waals surface area contributed by atoms with Gasteiger partial charge in [-0.3, -0.25) is 24.6 Å². The van der Waals surface area contributed by atoms with E-state index in [1.807, 2.05) is 0 Å². The second-order valence-electron chi connectivity index (χ2n) is 12.1. The summed E-state index contributed by atoms with van der Waals surface area (Å²) < 4.78 is 179. The number of halogens is 3. The second-order valence-corrected chi connectivity index (χ2v) is 12.4. The molecule has 6 rings (SSSR count). The van der Waals surface area contributed by atoms with E-state index in [-0.39, 0.29) is 65.1 Å². The number of alkyl halides is 1. The molecule has 3 aliphatic heterocycles. The van der Waals surface area contributed by atoms with E-state index in [1.165, 1.54) is 20.8 Å². The van der Waals surface area contributed by atoms with Gasteiger partial charge >= 0.3 is 18.2 Å². The van der Waals surface area contributed by atoms with Crippen LogP contribution in [0.5, 0.6) is 0 Å². The van der Waals surface area contributed by atoms with Gasteiger partial charge < -0.3 is 44.1 Å². The Morgan fingerprint density at radius 1 is 0.850 bits per heavy atom. The van der Waals surface area contributed by atoms with Crippen LogP contribution >= 0.6 is 11.6 Å². The monoisotopic (exact) mass is 876 g/mol. The van der Waals surface area contributed by atoms with Gasteiger partial charge in [0.25, 0.3) is 0 Å². The Morgan fingerprint density at radius 3 is 1.97 bits per heavy atom. The molecule has 3 heterocycles. The minimum absolute atomic E-state index is 0.0121. The Hall–Kier alpha value is -5.72. The third-order valence-corrected chi connectivity index (χ3v) is 7.85. The first-order valence-corrected chi connectivity index (χ1v) is 18.1. The molecule has 4 amide bonds. The largest absolute Gasteiger partial charge is 0.459 e. The maximum absolute atomic E-state index is 15.1. The van der Waals surface area contributed by atoms with Crippen molar-refractivity contribution < 1.29 is 78.4 Å². The standard InChI is InChI=1S/C18H19FN2O3.C16H20FN3O4.C7H12ClNO3/c19-16-12-15(6-7-17(16)21-8-10-23-11-9-21)20-18(22)24-13-14-4-2-1-3-5-14;1-11(21)18-9-13-10-20(16(22)24-13)12-2-3-15(14(17)8-12)19-4-6-23-7-5-19;1-5(10)9-4-7(3-8)12-6(2)11/h1-7,12H,8-11,13H2,(H,20,22);2-3,8,13H,4-7,9-10H2,1H3,(H,18,21);7H,3-4H2,1-2H3,(H,9,10)/t;13-;7-/m.01/s1/i8D2,9D2,10D2,11D2;4D2,5D2,6D2,7D2;. The number of ether oxygens (including phenoxy) is 5. The molecular formula is C41H51ClF2N6O10. The molecule has 0 spiro atoms. The lowest BCUT2D eigenvalue weighted by Crippen LogP contribution is -2.36. The number of hydrogen-bond donors (Lipinski definition) is 3. The van der Waals surface area contributed by atoms with Gasteiger partial charge in [0.1, 0.15) is 30.4 Å². The maximum Gasteiger partial charge on any atom is 0.414 e. The molecule has 3 aliphatic rings. The van der Waals surface area contributed by atoms with E-state index in [4.69, 9.17) is 47.7 Å². The van der Waals surface area contributed by atoms with E-state index in [9.17, 15) is 28.4 Å². The second kappa shape index (κ2) is 24.4. The van der Waals surface area contributed by atoms with Crippen molar-refractivity contribution >= 4 is 64.3 Å².